The fraction of sp³-hybridized carbons (Fsp3) is 0.333. The summed E-state index contributed by atoms with van der Waals surface area (Å²) in [5, 5.41) is 6.81. The van der Waals surface area contributed by atoms with E-state index in [1.807, 2.05) is 0 Å². The van der Waals surface area contributed by atoms with Crippen LogP contribution in [0.1, 0.15) is 6.42 Å². The van der Waals surface area contributed by atoms with Gasteiger partial charge >= 0.3 is 0 Å². The highest BCUT2D eigenvalue weighted by atomic mass is 16.6. The molecule has 0 aliphatic carbocycles. The summed E-state index contributed by atoms with van der Waals surface area (Å²) in [5.41, 5.74) is 0. The Balaban J connectivity index is 0.0000001000. The molecule has 0 unspecified atom stereocenters. The fourth-order valence-electron chi connectivity index (χ4n) is 0.439. The third-order valence-corrected chi connectivity index (χ3v) is 0.835. The number of nitrogens with zero attached hydrogens (tertiary/aromatic N) is 2. The van der Waals surface area contributed by atoms with Crippen LogP contribution in [0.5, 0.6) is 0 Å². The van der Waals surface area contributed by atoms with Gasteiger partial charge in [0.2, 0.25) is 0 Å². The van der Waals surface area contributed by atoms with E-state index in [9.17, 15) is 0 Å². The fourth-order valence-corrected chi connectivity index (χ4v) is 0.439. The molecule has 4 heteroatoms. The molecule has 0 spiro atoms. The van der Waals surface area contributed by atoms with Gasteiger partial charge in [-0.1, -0.05) is 10.3 Å². The molecule has 10 heavy (non-hydrogen) atoms. The Hall–Kier alpha value is -1.32. The van der Waals surface area contributed by atoms with Gasteiger partial charge in [0, 0.05) is 12.6 Å². The largest absolute Gasteiger partial charge is 0.396 e. The Morgan fingerprint density at radius 2 is 2.40 bits per heavy atom. The van der Waals surface area contributed by atoms with Crippen molar-refractivity contribution in [1.29, 1.82) is 0 Å². The molecule has 54 valence electrons. The molecule has 0 N–H and O–H groups in total. The minimum atomic E-state index is 0.778. The van der Waals surface area contributed by atoms with Crippen molar-refractivity contribution in [3.8, 4) is 0 Å². The number of aromatic nitrogens is 1. The molecule has 1 aliphatic rings. The van der Waals surface area contributed by atoms with E-state index in [1.54, 1.807) is 18.5 Å². The van der Waals surface area contributed by atoms with Gasteiger partial charge in [0.15, 0.2) is 0 Å². The molecule has 1 aliphatic heterocycles. The average Bonchev–Trinajstić information content (AvgIpc) is 2.67. The van der Waals surface area contributed by atoms with Crippen molar-refractivity contribution in [2.45, 2.75) is 6.42 Å². The van der Waals surface area contributed by atoms with Crippen LogP contribution in [-0.4, -0.2) is 18.0 Å². The molecule has 4 nitrogen and oxygen atoms in total. The first-order valence-corrected chi connectivity index (χ1v) is 2.98. The Bertz CT molecular complexity index is 149. The molecule has 1 aromatic rings. The molecule has 0 aromatic carbocycles. The van der Waals surface area contributed by atoms with Crippen molar-refractivity contribution >= 4 is 6.21 Å². The van der Waals surface area contributed by atoms with Crippen LogP contribution in [0.4, 0.5) is 0 Å². The minimum Gasteiger partial charge on any atom is -0.396 e. The maximum atomic E-state index is 4.51. The van der Waals surface area contributed by atoms with E-state index in [0.717, 1.165) is 13.0 Å². The summed E-state index contributed by atoms with van der Waals surface area (Å²) >= 11 is 0. The summed E-state index contributed by atoms with van der Waals surface area (Å²) in [6.45, 7) is 0.778. The van der Waals surface area contributed by atoms with E-state index in [4.69, 9.17) is 0 Å². The smallest absolute Gasteiger partial charge is 0.123 e. The van der Waals surface area contributed by atoms with E-state index in [1.165, 1.54) is 6.26 Å². The third kappa shape index (κ3) is 2.86. The first-order valence-electron chi connectivity index (χ1n) is 2.98. The van der Waals surface area contributed by atoms with E-state index < -0.39 is 0 Å². The van der Waals surface area contributed by atoms with Crippen molar-refractivity contribution in [2.75, 3.05) is 6.61 Å². The molecule has 0 atom stereocenters. The Kier molecular flexibility index (Phi) is 3.09. The monoisotopic (exact) mass is 140 g/mol. The van der Waals surface area contributed by atoms with E-state index in [2.05, 4.69) is 19.7 Å². The number of rotatable bonds is 0. The highest BCUT2D eigenvalue weighted by Crippen LogP contribution is 1.86. The second-order valence-electron chi connectivity index (χ2n) is 1.60. The lowest BCUT2D eigenvalue weighted by Gasteiger charge is -1.76. The summed E-state index contributed by atoms with van der Waals surface area (Å²) in [5.74, 6) is 0. The molecule has 2 heterocycles. The summed E-state index contributed by atoms with van der Waals surface area (Å²) in [4.78, 5) is 4.51. The molecule has 1 aromatic heterocycles. The molecular formula is C6H8N2O2. The standard InChI is InChI=1S/C3H5NO.C3H3NO/c2*1-2-4-5-3-1/h2H,1,3H2;1-3H. The van der Waals surface area contributed by atoms with Crippen LogP contribution >= 0.6 is 0 Å². The van der Waals surface area contributed by atoms with Crippen molar-refractivity contribution < 1.29 is 9.36 Å². The van der Waals surface area contributed by atoms with Crippen molar-refractivity contribution in [2.24, 2.45) is 5.16 Å². The topological polar surface area (TPSA) is 47.6 Å². The van der Waals surface area contributed by atoms with Crippen LogP contribution in [0.25, 0.3) is 0 Å². The van der Waals surface area contributed by atoms with Crippen LogP contribution in [0.3, 0.4) is 0 Å². The van der Waals surface area contributed by atoms with Crippen LogP contribution in [0, 0.1) is 0 Å². The number of oxime groups is 1. The third-order valence-electron chi connectivity index (χ3n) is 0.835. The van der Waals surface area contributed by atoms with Gasteiger partial charge in [-0.15, -0.1) is 0 Å². The predicted octanol–water partition coefficient (Wildman–Crippen LogP) is 1.07. The molecule has 0 amide bonds. The summed E-state index contributed by atoms with van der Waals surface area (Å²) < 4.78 is 4.33. The van der Waals surface area contributed by atoms with Gasteiger partial charge in [-0.3, -0.25) is 0 Å². The highest BCUT2D eigenvalue weighted by molar-refractivity contribution is 5.57. The lowest BCUT2D eigenvalue weighted by atomic mass is 10.5. The quantitative estimate of drug-likeness (QED) is 0.541. The minimum absolute atomic E-state index is 0.778. The number of hydrogen-bond donors (Lipinski definition) is 0. The van der Waals surface area contributed by atoms with Crippen LogP contribution in [-0.2, 0) is 4.84 Å². The second kappa shape index (κ2) is 4.55. The van der Waals surface area contributed by atoms with Crippen LogP contribution in [0.15, 0.2) is 28.2 Å². The Morgan fingerprint density at radius 3 is 2.60 bits per heavy atom. The van der Waals surface area contributed by atoms with Gasteiger partial charge in [0.1, 0.15) is 12.9 Å². The van der Waals surface area contributed by atoms with Crippen molar-refractivity contribution in [1.82, 2.24) is 5.16 Å². The molecule has 0 saturated heterocycles. The Labute approximate surface area is 58.5 Å². The molecule has 0 saturated carbocycles. The van der Waals surface area contributed by atoms with Crippen molar-refractivity contribution in [3.63, 3.8) is 0 Å². The zero-order valence-electron chi connectivity index (χ0n) is 5.43. The average molecular weight is 140 g/mol. The summed E-state index contributed by atoms with van der Waals surface area (Å²) in [7, 11) is 0. The Morgan fingerprint density at radius 1 is 1.40 bits per heavy atom. The maximum Gasteiger partial charge on any atom is 0.123 e. The van der Waals surface area contributed by atoms with Gasteiger partial charge in [-0.05, 0) is 6.07 Å². The lowest BCUT2D eigenvalue weighted by molar-refractivity contribution is 0.174. The SMILES string of the molecule is C1=NOCC1.c1cnoc1. The van der Waals surface area contributed by atoms with Crippen molar-refractivity contribution in [3.05, 3.63) is 18.5 Å². The van der Waals surface area contributed by atoms with E-state index in [0.29, 0.717) is 0 Å². The molecule has 0 bridgehead atoms. The van der Waals surface area contributed by atoms with Gasteiger partial charge in [0.05, 0.1) is 6.20 Å². The molecular weight excluding hydrogens is 132 g/mol. The highest BCUT2D eigenvalue weighted by Gasteiger charge is 1.86. The van der Waals surface area contributed by atoms with E-state index >= 15 is 0 Å². The van der Waals surface area contributed by atoms with Gasteiger partial charge in [0.25, 0.3) is 0 Å². The molecule has 0 radical (unpaired) electrons. The van der Waals surface area contributed by atoms with Gasteiger partial charge in [-0.2, -0.15) is 0 Å². The first kappa shape index (κ1) is 6.80. The molecule has 0 fully saturated rings. The summed E-state index contributed by atoms with van der Waals surface area (Å²) in [6.07, 6.45) is 5.85. The van der Waals surface area contributed by atoms with E-state index in [-0.39, 0.29) is 0 Å². The van der Waals surface area contributed by atoms with Crippen LogP contribution < -0.4 is 0 Å². The second-order valence-corrected chi connectivity index (χ2v) is 1.60. The molecule has 2 rings (SSSR count). The van der Waals surface area contributed by atoms with Gasteiger partial charge < -0.3 is 9.36 Å². The first-order chi connectivity index (χ1) is 5.00. The van der Waals surface area contributed by atoms with Gasteiger partial charge in [-0.25, -0.2) is 0 Å². The zero-order valence-corrected chi connectivity index (χ0v) is 5.43. The maximum absolute atomic E-state index is 4.51. The summed E-state index contributed by atoms with van der Waals surface area (Å²) in [6, 6.07) is 1.72. The lowest BCUT2D eigenvalue weighted by Crippen LogP contribution is -1.72. The van der Waals surface area contributed by atoms with Crippen LogP contribution in [0.2, 0.25) is 0 Å². The normalized spacial score (nSPS) is 13.6. The predicted molar refractivity (Wildman–Crippen MR) is 35.6 cm³/mol. The zero-order chi connectivity index (χ0) is 7.07. The number of hydrogen-bond acceptors (Lipinski definition) is 4.